The Hall–Kier alpha value is -1.02. The number of hydrogen-bond donors (Lipinski definition) is 1. The second-order valence-corrected chi connectivity index (χ2v) is 4.58. The molecular formula is C11H19F3N2O3. The smallest absolute Gasteiger partial charge is 0.407 e. The molecule has 1 fully saturated rings. The fraction of sp³-hybridized carbons (Fsp3) is 0.909. The van der Waals surface area contributed by atoms with Gasteiger partial charge >= 0.3 is 12.3 Å². The Kier molecular flexibility index (Phi) is 5.86. The van der Waals surface area contributed by atoms with E-state index >= 15 is 0 Å². The molecular weight excluding hydrogens is 265 g/mol. The summed E-state index contributed by atoms with van der Waals surface area (Å²) in [5.74, 6) is 0. The molecule has 0 aromatic heterocycles. The second-order valence-electron chi connectivity index (χ2n) is 4.58. The van der Waals surface area contributed by atoms with Gasteiger partial charge in [-0.2, -0.15) is 13.2 Å². The Morgan fingerprint density at radius 3 is 2.42 bits per heavy atom. The van der Waals surface area contributed by atoms with Gasteiger partial charge < -0.3 is 14.7 Å². The van der Waals surface area contributed by atoms with Crippen molar-refractivity contribution in [1.29, 1.82) is 0 Å². The Labute approximate surface area is 109 Å². The van der Waals surface area contributed by atoms with E-state index in [1.165, 1.54) is 16.9 Å². The highest BCUT2D eigenvalue weighted by atomic mass is 19.4. The lowest BCUT2D eigenvalue weighted by atomic mass is 10.0. The van der Waals surface area contributed by atoms with E-state index in [0.29, 0.717) is 12.8 Å². The highest BCUT2D eigenvalue weighted by Crippen LogP contribution is 2.22. The molecule has 112 valence electrons. The molecule has 0 radical (unpaired) electrons. The zero-order valence-electron chi connectivity index (χ0n) is 10.8. The standard InChI is InChI=1S/C11H19F3N2O3/c1-19-7-6-16(8-11(12,13)14)9-2-4-15(5-3-9)10(17)18/h9H,2-8H2,1H3,(H,17,18). The van der Waals surface area contributed by atoms with Crippen molar-refractivity contribution >= 4 is 6.09 Å². The molecule has 1 saturated heterocycles. The van der Waals surface area contributed by atoms with Gasteiger partial charge in [0.2, 0.25) is 0 Å². The number of carbonyl (C=O) groups is 1. The maximum absolute atomic E-state index is 12.5. The lowest BCUT2D eigenvalue weighted by Crippen LogP contribution is -2.49. The molecule has 5 nitrogen and oxygen atoms in total. The van der Waals surface area contributed by atoms with Crippen LogP contribution in [0.5, 0.6) is 0 Å². The zero-order chi connectivity index (χ0) is 14.5. The van der Waals surface area contributed by atoms with Crippen LogP contribution in [0.1, 0.15) is 12.8 Å². The molecule has 0 aromatic carbocycles. The first-order valence-corrected chi connectivity index (χ1v) is 6.11. The van der Waals surface area contributed by atoms with Crippen molar-refractivity contribution in [3.8, 4) is 0 Å². The highest BCUT2D eigenvalue weighted by molar-refractivity contribution is 5.65. The molecule has 0 unspecified atom stereocenters. The van der Waals surface area contributed by atoms with E-state index in [2.05, 4.69) is 0 Å². The summed E-state index contributed by atoms with van der Waals surface area (Å²) in [6, 6.07) is -0.243. The minimum absolute atomic E-state index is 0.202. The summed E-state index contributed by atoms with van der Waals surface area (Å²) >= 11 is 0. The van der Waals surface area contributed by atoms with Crippen molar-refractivity contribution in [2.45, 2.75) is 25.1 Å². The largest absolute Gasteiger partial charge is 0.465 e. The van der Waals surface area contributed by atoms with Crippen LogP contribution in [-0.4, -0.2) is 73.1 Å². The third-order valence-corrected chi connectivity index (χ3v) is 3.22. The van der Waals surface area contributed by atoms with E-state index in [0.717, 1.165) is 0 Å². The molecule has 1 aliphatic heterocycles. The Morgan fingerprint density at radius 2 is 2.00 bits per heavy atom. The van der Waals surface area contributed by atoms with Gasteiger partial charge in [0.25, 0.3) is 0 Å². The van der Waals surface area contributed by atoms with Gasteiger partial charge in [0.05, 0.1) is 13.2 Å². The minimum atomic E-state index is -4.25. The topological polar surface area (TPSA) is 53.0 Å². The summed E-state index contributed by atoms with van der Waals surface area (Å²) < 4.78 is 42.3. The van der Waals surface area contributed by atoms with E-state index in [1.54, 1.807) is 0 Å². The van der Waals surface area contributed by atoms with Crippen LogP contribution < -0.4 is 0 Å². The first-order valence-electron chi connectivity index (χ1n) is 6.11. The molecule has 0 saturated carbocycles. The van der Waals surface area contributed by atoms with Gasteiger partial charge in [0.1, 0.15) is 0 Å². The zero-order valence-corrected chi connectivity index (χ0v) is 10.8. The van der Waals surface area contributed by atoms with Crippen molar-refractivity contribution in [3.63, 3.8) is 0 Å². The number of piperidine rings is 1. The summed E-state index contributed by atoms with van der Waals surface area (Å²) in [6.07, 6.45) is -4.42. The van der Waals surface area contributed by atoms with Crippen LogP contribution in [0.3, 0.4) is 0 Å². The monoisotopic (exact) mass is 284 g/mol. The van der Waals surface area contributed by atoms with E-state index in [-0.39, 0.29) is 32.3 Å². The van der Waals surface area contributed by atoms with Gasteiger partial charge in [-0.1, -0.05) is 0 Å². The number of amides is 1. The number of hydrogen-bond acceptors (Lipinski definition) is 3. The number of alkyl halides is 3. The summed E-state index contributed by atoms with van der Waals surface area (Å²) in [5.41, 5.74) is 0. The Morgan fingerprint density at radius 1 is 1.42 bits per heavy atom. The number of halogens is 3. The number of likely N-dealkylation sites (tertiary alicyclic amines) is 1. The second kappa shape index (κ2) is 6.95. The van der Waals surface area contributed by atoms with Gasteiger partial charge in [-0.25, -0.2) is 4.79 Å². The van der Waals surface area contributed by atoms with Crippen molar-refractivity contribution in [1.82, 2.24) is 9.80 Å². The first kappa shape index (κ1) is 16.0. The average molecular weight is 284 g/mol. The fourth-order valence-electron chi connectivity index (χ4n) is 2.25. The first-order chi connectivity index (χ1) is 8.83. The number of carboxylic acid groups (broad SMARTS) is 1. The minimum Gasteiger partial charge on any atom is -0.465 e. The Balaban J connectivity index is 2.53. The van der Waals surface area contributed by atoms with Crippen molar-refractivity contribution in [2.75, 3.05) is 39.9 Å². The lowest BCUT2D eigenvalue weighted by molar-refractivity contribution is -0.154. The molecule has 0 bridgehead atoms. The maximum Gasteiger partial charge on any atom is 0.407 e. The molecule has 1 amide bonds. The lowest BCUT2D eigenvalue weighted by Gasteiger charge is -2.37. The molecule has 1 N–H and O–H groups in total. The highest BCUT2D eigenvalue weighted by Gasteiger charge is 2.35. The van der Waals surface area contributed by atoms with Crippen LogP contribution in [-0.2, 0) is 4.74 Å². The predicted octanol–water partition coefficient (Wildman–Crippen LogP) is 1.64. The van der Waals surface area contributed by atoms with Crippen molar-refractivity contribution in [2.24, 2.45) is 0 Å². The molecule has 0 aromatic rings. The van der Waals surface area contributed by atoms with Crippen LogP contribution in [0.4, 0.5) is 18.0 Å². The van der Waals surface area contributed by atoms with Crippen LogP contribution in [0.15, 0.2) is 0 Å². The van der Waals surface area contributed by atoms with Gasteiger partial charge in [0, 0.05) is 32.8 Å². The van der Waals surface area contributed by atoms with Gasteiger partial charge in [-0.05, 0) is 12.8 Å². The number of nitrogens with zero attached hydrogens (tertiary/aromatic N) is 2. The normalized spacial score (nSPS) is 18.1. The Bertz CT molecular complexity index is 291. The molecule has 0 atom stereocenters. The van der Waals surface area contributed by atoms with Crippen LogP contribution >= 0.6 is 0 Å². The van der Waals surface area contributed by atoms with E-state index in [4.69, 9.17) is 9.84 Å². The quantitative estimate of drug-likeness (QED) is 0.834. The molecule has 1 rings (SSSR count). The SMILES string of the molecule is COCCN(CC(F)(F)F)C1CCN(C(=O)O)CC1. The van der Waals surface area contributed by atoms with Crippen LogP contribution in [0, 0.1) is 0 Å². The molecule has 0 aliphatic carbocycles. The fourth-order valence-corrected chi connectivity index (χ4v) is 2.25. The molecule has 1 heterocycles. The van der Waals surface area contributed by atoms with Gasteiger partial charge in [0.15, 0.2) is 0 Å². The number of ether oxygens (including phenoxy) is 1. The van der Waals surface area contributed by atoms with Gasteiger partial charge in [-0.15, -0.1) is 0 Å². The number of methoxy groups -OCH3 is 1. The average Bonchev–Trinajstić information content (AvgIpc) is 2.33. The summed E-state index contributed by atoms with van der Waals surface area (Å²) in [6.45, 7) is 0.0136. The van der Waals surface area contributed by atoms with Gasteiger partial charge in [-0.3, -0.25) is 4.90 Å². The van der Waals surface area contributed by atoms with Crippen LogP contribution in [0.2, 0.25) is 0 Å². The third-order valence-electron chi connectivity index (χ3n) is 3.22. The van der Waals surface area contributed by atoms with Crippen LogP contribution in [0.25, 0.3) is 0 Å². The predicted molar refractivity (Wildman–Crippen MR) is 62.1 cm³/mol. The number of rotatable bonds is 5. The van der Waals surface area contributed by atoms with E-state index < -0.39 is 18.8 Å². The maximum atomic E-state index is 12.5. The molecule has 1 aliphatic rings. The summed E-state index contributed by atoms with van der Waals surface area (Å²) in [4.78, 5) is 13.3. The van der Waals surface area contributed by atoms with E-state index in [9.17, 15) is 18.0 Å². The summed E-state index contributed by atoms with van der Waals surface area (Å²) in [7, 11) is 1.44. The van der Waals surface area contributed by atoms with E-state index in [1.807, 2.05) is 0 Å². The van der Waals surface area contributed by atoms with Crippen molar-refractivity contribution in [3.05, 3.63) is 0 Å². The summed E-state index contributed by atoms with van der Waals surface area (Å²) in [5, 5.41) is 8.80. The van der Waals surface area contributed by atoms with Crippen molar-refractivity contribution < 1.29 is 27.8 Å². The molecule has 19 heavy (non-hydrogen) atoms. The third kappa shape index (κ3) is 5.65. The molecule has 0 spiro atoms. The molecule has 8 heteroatoms.